The van der Waals surface area contributed by atoms with E-state index in [2.05, 4.69) is 5.10 Å². The van der Waals surface area contributed by atoms with Crippen molar-refractivity contribution < 1.29 is 14.3 Å². The van der Waals surface area contributed by atoms with Crippen molar-refractivity contribution in [1.82, 2.24) is 14.7 Å². The van der Waals surface area contributed by atoms with Gasteiger partial charge in [-0.25, -0.2) is 0 Å². The summed E-state index contributed by atoms with van der Waals surface area (Å²) >= 11 is 6.17. The minimum Gasteiger partial charge on any atom is -0.466 e. The van der Waals surface area contributed by atoms with Gasteiger partial charge in [0.2, 0.25) is 0 Å². The number of aromatic nitrogens is 2. The average Bonchev–Trinajstić information content (AvgIpc) is 3.12. The number of hydrogen-bond acceptors (Lipinski definition) is 4. The Morgan fingerprint density at radius 1 is 1.27 bits per heavy atom. The van der Waals surface area contributed by atoms with Crippen molar-refractivity contribution >= 4 is 23.5 Å². The van der Waals surface area contributed by atoms with Gasteiger partial charge in [0, 0.05) is 24.3 Å². The summed E-state index contributed by atoms with van der Waals surface area (Å²) in [5, 5.41) is 4.95. The Labute approximate surface area is 157 Å². The molecular weight excluding hydrogens is 354 g/mol. The zero-order valence-electron chi connectivity index (χ0n) is 14.7. The maximum Gasteiger partial charge on any atom is 0.309 e. The number of carbonyl (C=O) groups is 2. The Morgan fingerprint density at radius 2 is 2.00 bits per heavy atom. The highest BCUT2D eigenvalue weighted by Gasteiger charge is 2.29. The van der Waals surface area contributed by atoms with E-state index in [0.717, 1.165) is 5.56 Å². The van der Waals surface area contributed by atoms with Crippen molar-refractivity contribution in [3.8, 4) is 0 Å². The Morgan fingerprint density at radius 3 is 2.69 bits per heavy atom. The molecule has 0 spiro atoms. The van der Waals surface area contributed by atoms with Crippen LogP contribution in [-0.2, 0) is 16.1 Å². The smallest absolute Gasteiger partial charge is 0.309 e. The SMILES string of the molecule is CCOC(=O)C1CCN(C(=O)c2cnn(Cc3ccccc3Cl)c2)CC1. The van der Waals surface area contributed by atoms with Crippen LogP contribution in [0, 0.1) is 5.92 Å². The first-order valence-electron chi connectivity index (χ1n) is 8.80. The highest BCUT2D eigenvalue weighted by atomic mass is 35.5. The van der Waals surface area contributed by atoms with Gasteiger partial charge in [-0.3, -0.25) is 14.3 Å². The van der Waals surface area contributed by atoms with E-state index in [0.29, 0.717) is 49.7 Å². The summed E-state index contributed by atoms with van der Waals surface area (Å²) in [6.07, 6.45) is 4.59. The average molecular weight is 376 g/mol. The summed E-state index contributed by atoms with van der Waals surface area (Å²) in [7, 11) is 0. The molecule has 0 bridgehead atoms. The second kappa shape index (κ2) is 8.36. The summed E-state index contributed by atoms with van der Waals surface area (Å²) in [6.45, 7) is 3.81. The van der Waals surface area contributed by atoms with Gasteiger partial charge in [0.15, 0.2) is 0 Å². The molecule has 1 aliphatic heterocycles. The lowest BCUT2D eigenvalue weighted by molar-refractivity contribution is -0.149. The summed E-state index contributed by atoms with van der Waals surface area (Å²) in [6, 6.07) is 7.57. The quantitative estimate of drug-likeness (QED) is 0.753. The fourth-order valence-corrected chi connectivity index (χ4v) is 3.32. The van der Waals surface area contributed by atoms with Crippen molar-refractivity contribution in [3.63, 3.8) is 0 Å². The highest BCUT2D eigenvalue weighted by Crippen LogP contribution is 2.21. The Hall–Kier alpha value is -2.34. The lowest BCUT2D eigenvalue weighted by Crippen LogP contribution is -2.40. The molecule has 0 N–H and O–H groups in total. The molecule has 138 valence electrons. The predicted molar refractivity (Wildman–Crippen MR) is 98.0 cm³/mol. The van der Waals surface area contributed by atoms with Gasteiger partial charge in [-0.05, 0) is 31.4 Å². The van der Waals surface area contributed by atoms with E-state index in [4.69, 9.17) is 16.3 Å². The van der Waals surface area contributed by atoms with E-state index in [1.807, 2.05) is 24.3 Å². The van der Waals surface area contributed by atoms with Crippen molar-refractivity contribution in [3.05, 3.63) is 52.8 Å². The van der Waals surface area contributed by atoms with Gasteiger partial charge in [-0.1, -0.05) is 29.8 Å². The minimum absolute atomic E-state index is 0.0577. The third kappa shape index (κ3) is 4.25. The van der Waals surface area contributed by atoms with E-state index in [1.54, 1.807) is 28.9 Å². The molecule has 26 heavy (non-hydrogen) atoms. The zero-order valence-corrected chi connectivity index (χ0v) is 15.5. The number of nitrogens with zero attached hydrogens (tertiary/aromatic N) is 3. The Balaban J connectivity index is 1.59. The number of halogens is 1. The van der Waals surface area contributed by atoms with Crippen LogP contribution < -0.4 is 0 Å². The minimum atomic E-state index is -0.160. The van der Waals surface area contributed by atoms with E-state index >= 15 is 0 Å². The van der Waals surface area contributed by atoms with Crippen LogP contribution in [0.15, 0.2) is 36.7 Å². The fourth-order valence-electron chi connectivity index (χ4n) is 3.12. The maximum absolute atomic E-state index is 12.7. The molecule has 0 unspecified atom stereocenters. The lowest BCUT2D eigenvalue weighted by Gasteiger charge is -2.30. The molecule has 6 nitrogen and oxygen atoms in total. The van der Waals surface area contributed by atoms with Gasteiger partial charge in [0.05, 0.1) is 30.8 Å². The molecule has 1 aliphatic rings. The largest absolute Gasteiger partial charge is 0.466 e. The molecular formula is C19H22ClN3O3. The number of hydrogen-bond donors (Lipinski definition) is 0. The number of likely N-dealkylation sites (tertiary alicyclic amines) is 1. The molecule has 1 aromatic heterocycles. The Bertz CT molecular complexity index is 782. The number of ether oxygens (including phenoxy) is 1. The van der Waals surface area contributed by atoms with E-state index in [1.165, 1.54) is 0 Å². The van der Waals surface area contributed by atoms with Crippen LogP contribution in [0.3, 0.4) is 0 Å². The highest BCUT2D eigenvalue weighted by molar-refractivity contribution is 6.31. The molecule has 0 aliphatic carbocycles. The fraction of sp³-hybridized carbons (Fsp3) is 0.421. The van der Waals surface area contributed by atoms with Gasteiger partial charge >= 0.3 is 5.97 Å². The van der Waals surface area contributed by atoms with Gasteiger partial charge in [0.1, 0.15) is 0 Å². The van der Waals surface area contributed by atoms with Crippen LogP contribution in [0.1, 0.15) is 35.7 Å². The number of amides is 1. The molecule has 1 aromatic carbocycles. The molecule has 3 rings (SSSR count). The van der Waals surface area contributed by atoms with Crippen LogP contribution in [0.25, 0.3) is 0 Å². The molecule has 2 aromatic rings. The summed E-state index contributed by atoms with van der Waals surface area (Å²) < 4.78 is 6.77. The number of piperidine rings is 1. The van der Waals surface area contributed by atoms with E-state index in [-0.39, 0.29) is 17.8 Å². The second-order valence-corrected chi connectivity index (χ2v) is 6.74. The summed E-state index contributed by atoms with van der Waals surface area (Å²) in [5.74, 6) is -0.327. The van der Waals surface area contributed by atoms with Crippen LogP contribution in [-0.4, -0.2) is 46.3 Å². The monoisotopic (exact) mass is 375 g/mol. The first-order chi connectivity index (χ1) is 12.6. The van der Waals surface area contributed by atoms with Gasteiger partial charge in [0.25, 0.3) is 5.91 Å². The number of rotatable bonds is 5. The van der Waals surface area contributed by atoms with Crippen LogP contribution in [0.4, 0.5) is 0 Å². The lowest BCUT2D eigenvalue weighted by atomic mass is 9.96. The maximum atomic E-state index is 12.7. The first-order valence-corrected chi connectivity index (χ1v) is 9.18. The number of carbonyl (C=O) groups excluding carboxylic acids is 2. The molecule has 0 radical (unpaired) electrons. The van der Waals surface area contributed by atoms with Crippen LogP contribution >= 0.6 is 11.6 Å². The van der Waals surface area contributed by atoms with Crippen molar-refractivity contribution in [2.75, 3.05) is 19.7 Å². The van der Waals surface area contributed by atoms with Gasteiger partial charge in [-0.15, -0.1) is 0 Å². The predicted octanol–water partition coefficient (Wildman–Crippen LogP) is 3.00. The van der Waals surface area contributed by atoms with Crippen LogP contribution in [0.5, 0.6) is 0 Å². The molecule has 7 heteroatoms. The van der Waals surface area contributed by atoms with E-state index in [9.17, 15) is 9.59 Å². The Kier molecular flexibility index (Phi) is 5.93. The van der Waals surface area contributed by atoms with Gasteiger partial charge < -0.3 is 9.64 Å². The number of benzene rings is 1. The van der Waals surface area contributed by atoms with Crippen molar-refractivity contribution in [2.45, 2.75) is 26.3 Å². The second-order valence-electron chi connectivity index (χ2n) is 6.34. The molecule has 0 saturated carbocycles. The van der Waals surface area contributed by atoms with Crippen molar-refractivity contribution in [1.29, 1.82) is 0 Å². The molecule has 0 atom stereocenters. The third-order valence-corrected chi connectivity index (χ3v) is 4.94. The number of esters is 1. The molecule has 1 saturated heterocycles. The topological polar surface area (TPSA) is 64.4 Å². The van der Waals surface area contributed by atoms with Gasteiger partial charge in [-0.2, -0.15) is 5.10 Å². The first kappa shape index (κ1) is 18.5. The summed E-state index contributed by atoms with van der Waals surface area (Å²) in [4.78, 5) is 26.2. The third-order valence-electron chi connectivity index (χ3n) is 4.57. The zero-order chi connectivity index (χ0) is 18.5. The standard InChI is InChI=1S/C19H22ClN3O3/c1-2-26-19(25)14-7-9-22(10-8-14)18(24)16-11-21-23(13-16)12-15-5-3-4-6-17(15)20/h3-6,11,13-14H,2,7-10,12H2,1H3. The van der Waals surface area contributed by atoms with Crippen LogP contribution in [0.2, 0.25) is 5.02 Å². The normalized spacial score (nSPS) is 15.1. The van der Waals surface area contributed by atoms with E-state index < -0.39 is 0 Å². The molecule has 1 fully saturated rings. The summed E-state index contributed by atoms with van der Waals surface area (Å²) in [5.41, 5.74) is 1.50. The molecule has 2 heterocycles. The molecule has 1 amide bonds. The van der Waals surface area contributed by atoms with Crippen molar-refractivity contribution in [2.24, 2.45) is 5.92 Å².